The van der Waals surface area contributed by atoms with Crippen molar-refractivity contribution in [3.8, 4) is 11.8 Å². The molecule has 4 rings (SSSR count). The van der Waals surface area contributed by atoms with Crippen molar-refractivity contribution in [3.05, 3.63) is 94.8 Å². The van der Waals surface area contributed by atoms with Crippen LogP contribution >= 0.6 is 0 Å². The smallest absolute Gasteiger partial charge is 0.296 e. The zero-order valence-electron chi connectivity index (χ0n) is 20.4. The van der Waals surface area contributed by atoms with Gasteiger partial charge < -0.3 is 20.9 Å². The zero-order valence-corrected chi connectivity index (χ0v) is 20.4. The molecular formula is C29H27FN4O2. The first-order valence-corrected chi connectivity index (χ1v) is 11.6. The van der Waals surface area contributed by atoms with E-state index < -0.39 is 0 Å². The average Bonchev–Trinajstić information content (AvgIpc) is 3.18. The number of amides is 2. The van der Waals surface area contributed by atoms with Crippen LogP contribution in [0.25, 0.3) is 11.3 Å². The lowest BCUT2D eigenvalue weighted by Crippen LogP contribution is -2.20. The quantitative estimate of drug-likeness (QED) is 0.362. The molecule has 3 N–H and O–H groups in total. The molecule has 0 radical (unpaired) electrons. The summed E-state index contributed by atoms with van der Waals surface area (Å²) < 4.78 is 14.8. The molecule has 7 heteroatoms. The molecule has 1 heterocycles. The van der Waals surface area contributed by atoms with E-state index in [0.717, 1.165) is 5.56 Å². The van der Waals surface area contributed by atoms with Gasteiger partial charge in [0.1, 0.15) is 5.82 Å². The van der Waals surface area contributed by atoms with E-state index in [-0.39, 0.29) is 17.6 Å². The number of carbonyl (C=O) groups is 2. The molecule has 182 valence electrons. The minimum Gasteiger partial charge on any atom is -0.354 e. The Balaban J connectivity index is 1.75. The molecule has 3 aromatic carbocycles. The fourth-order valence-corrected chi connectivity index (χ4v) is 3.95. The van der Waals surface area contributed by atoms with Gasteiger partial charge in [-0.15, -0.1) is 0 Å². The van der Waals surface area contributed by atoms with E-state index >= 15 is 0 Å². The predicted octanol–water partition coefficient (Wildman–Crippen LogP) is 4.31. The highest BCUT2D eigenvalue weighted by atomic mass is 19.1. The highest BCUT2D eigenvalue weighted by Gasteiger charge is 2.28. The van der Waals surface area contributed by atoms with Crippen molar-refractivity contribution in [2.45, 2.75) is 13.5 Å². The normalized spacial score (nSPS) is 13.4. The highest BCUT2D eigenvalue weighted by molar-refractivity contribution is 6.37. The Hall–Kier alpha value is -4.41. The maximum atomic E-state index is 14.8. The monoisotopic (exact) mass is 482 g/mol. The molecule has 0 aliphatic carbocycles. The topological polar surface area (TPSA) is 73.5 Å². The maximum Gasteiger partial charge on any atom is 0.296 e. The Kier molecular flexibility index (Phi) is 7.47. The molecule has 0 unspecified atom stereocenters. The zero-order chi connectivity index (χ0) is 25.7. The van der Waals surface area contributed by atoms with E-state index in [4.69, 9.17) is 0 Å². The molecule has 6 nitrogen and oxygen atoms in total. The molecule has 0 spiro atoms. The summed E-state index contributed by atoms with van der Waals surface area (Å²) in [4.78, 5) is 26.7. The van der Waals surface area contributed by atoms with Gasteiger partial charge in [0.15, 0.2) is 0 Å². The molecule has 0 atom stereocenters. The van der Waals surface area contributed by atoms with Crippen molar-refractivity contribution in [2.24, 2.45) is 0 Å². The van der Waals surface area contributed by atoms with E-state index in [0.29, 0.717) is 52.4 Å². The standard InChI is InChI=1S/C29H27FN4O2/c1-4-31-26(35)15-11-19-10-14-23-25(16-19)33-29(36)27(23)28(20-8-6-5-7-9-20)32-22-13-12-21(18-34(2)3)24(30)17-22/h5-10,12-14,16-17,32H,4,18H2,1-3H3,(H,31,35)(H,33,36)/b28-27-. The fourth-order valence-electron chi connectivity index (χ4n) is 3.95. The number of nitrogens with one attached hydrogen (secondary N) is 3. The minimum atomic E-state index is -0.359. The van der Waals surface area contributed by atoms with Gasteiger partial charge in [0.25, 0.3) is 11.8 Å². The van der Waals surface area contributed by atoms with Crippen LogP contribution < -0.4 is 16.0 Å². The molecule has 0 saturated carbocycles. The summed E-state index contributed by atoms with van der Waals surface area (Å²) in [6.45, 7) is 2.81. The second-order valence-corrected chi connectivity index (χ2v) is 8.61. The molecule has 0 saturated heterocycles. The van der Waals surface area contributed by atoms with Crippen LogP contribution in [0.2, 0.25) is 0 Å². The van der Waals surface area contributed by atoms with Crippen LogP contribution in [0.1, 0.15) is 29.2 Å². The number of hydrogen-bond donors (Lipinski definition) is 3. The van der Waals surface area contributed by atoms with Gasteiger partial charge in [0.2, 0.25) is 0 Å². The number of halogens is 1. The van der Waals surface area contributed by atoms with Gasteiger partial charge in [0.05, 0.1) is 17.0 Å². The fraction of sp³-hybridized carbons (Fsp3) is 0.172. The summed E-state index contributed by atoms with van der Waals surface area (Å²) in [7, 11) is 3.77. The number of fused-ring (bicyclic) bond motifs is 1. The lowest BCUT2D eigenvalue weighted by Gasteiger charge is -2.16. The molecule has 3 aromatic rings. The molecule has 1 aliphatic heterocycles. The van der Waals surface area contributed by atoms with E-state index in [2.05, 4.69) is 27.8 Å². The van der Waals surface area contributed by atoms with Gasteiger partial charge in [-0.1, -0.05) is 48.4 Å². The van der Waals surface area contributed by atoms with Crippen molar-refractivity contribution in [2.75, 3.05) is 31.3 Å². The van der Waals surface area contributed by atoms with Gasteiger partial charge in [-0.05, 0) is 50.8 Å². The van der Waals surface area contributed by atoms with E-state index in [1.807, 2.05) is 56.3 Å². The lowest BCUT2D eigenvalue weighted by atomic mass is 9.99. The third-order valence-corrected chi connectivity index (χ3v) is 5.54. The van der Waals surface area contributed by atoms with Crippen LogP contribution in [0, 0.1) is 17.7 Å². The molecule has 0 fully saturated rings. The second-order valence-electron chi connectivity index (χ2n) is 8.61. The van der Waals surface area contributed by atoms with Gasteiger partial charge in [-0.2, -0.15) is 0 Å². The van der Waals surface area contributed by atoms with Crippen LogP contribution in [0.15, 0.2) is 66.7 Å². The number of nitrogens with zero attached hydrogens (tertiary/aromatic N) is 1. The highest BCUT2D eigenvalue weighted by Crippen LogP contribution is 2.38. The number of benzene rings is 3. The number of rotatable bonds is 6. The SMILES string of the molecule is CCNC(=O)C#Cc1ccc2c(c1)NC(=O)/C2=C(\Nc1ccc(CN(C)C)c(F)c1)c1ccccc1. The van der Waals surface area contributed by atoms with Crippen LogP contribution in [0.5, 0.6) is 0 Å². The van der Waals surface area contributed by atoms with Gasteiger partial charge in [-0.3, -0.25) is 9.59 Å². The Bertz CT molecular complexity index is 1400. The van der Waals surface area contributed by atoms with Crippen molar-refractivity contribution >= 4 is 34.5 Å². The summed E-state index contributed by atoms with van der Waals surface area (Å²) in [6, 6.07) is 19.7. The van der Waals surface area contributed by atoms with Gasteiger partial charge >= 0.3 is 0 Å². The molecular weight excluding hydrogens is 455 g/mol. The summed E-state index contributed by atoms with van der Waals surface area (Å²) >= 11 is 0. The second kappa shape index (κ2) is 10.9. The van der Waals surface area contributed by atoms with Crippen LogP contribution in [0.3, 0.4) is 0 Å². The molecule has 0 bridgehead atoms. The Morgan fingerprint density at radius 2 is 1.83 bits per heavy atom. The average molecular weight is 483 g/mol. The molecule has 0 aromatic heterocycles. The number of carbonyl (C=O) groups excluding carboxylic acids is 2. The summed E-state index contributed by atoms with van der Waals surface area (Å²) in [5, 5.41) is 8.80. The maximum absolute atomic E-state index is 14.8. The number of anilines is 2. The first kappa shape index (κ1) is 24.7. The van der Waals surface area contributed by atoms with E-state index in [9.17, 15) is 14.0 Å². The van der Waals surface area contributed by atoms with Crippen molar-refractivity contribution in [1.29, 1.82) is 0 Å². The Labute approximate surface area is 210 Å². The summed E-state index contributed by atoms with van der Waals surface area (Å²) in [5.41, 5.74) is 4.81. The Morgan fingerprint density at radius 3 is 2.53 bits per heavy atom. The van der Waals surface area contributed by atoms with Crippen LogP contribution in [-0.2, 0) is 16.1 Å². The lowest BCUT2D eigenvalue weighted by molar-refractivity contribution is -0.115. The summed E-state index contributed by atoms with van der Waals surface area (Å²) in [6.07, 6.45) is 0. The van der Waals surface area contributed by atoms with E-state index in [1.54, 1.807) is 30.3 Å². The van der Waals surface area contributed by atoms with Crippen LogP contribution in [0.4, 0.5) is 15.8 Å². The first-order valence-electron chi connectivity index (χ1n) is 11.6. The first-order chi connectivity index (χ1) is 17.4. The molecule has 1 aliphatic rings. The van der Waals surface area contributed by atoms with Crippen molar-refractivity contribution < 1.29 is 14.0 Å². The van der Waals surface area contributed by atoms with Crippen LogP contribution in [-0.4, -0.2) is 37.4 Å². The van der Waals surface area contributed by atoms with E-state index in [1.165, 1.54) is 6.07 Å². The molecule has 36 heavy (non-hydrogen) atoms. The van der Waals surface area contributed by atoms with Gasteiger partial charge in [0, 0.05) is 41.4 Å². The largest absolute Gasteiger partial charge is 0.354 e. The number of hydrogen-bond acceptors (Lipinski definition) is 4. The Morgan fingerprint density at radius 1 is 1.06 bits per heavy atom. The van der Waals surface area contributed by atoms with Crippen molar-refractivity contribution in [1.82, 2.24) is 10.2 Å². The van der Waals surface area contributed by atoms with Gasteiger partial charge in [-0.25, -0.2) is 4.39 Å². The predicted molar refractivity (Wildman–Crippen MR) is 141 cm³/mol. The van der Waals surface area contributed by atoms with Crippen molar-refractivity contribution in [3.63, 3.8) is 0 Å². The third kappa shape index (κ3) is 5.62. The third-order valence-electron chi connectivity index (χ3n) is 5.54. The summed E-state index contributed by atoms with van der Waals surface area (Å²) in [5.74, 6) is 4.40. The minimum absolute atomic E-state index is 0.283. The molecule has 2 amide bonds.